The minimum Gasteiger partial charge on any atom is -0.387 e. The van der Waals surface area contributed by atoms with Crippen LogP contribution < -0.4 is 16.0 Å². The monoisotopic (exact) mass is 1030 g/mol. The summed E-state index contributed by atoms with van der Waals surface area (Å²) < 4.78 is 8.13. The van der Waals surface area contributed by atoms with Crippen molar-refractivity contribution in [3.8, 4) is 0 Å². The summed E-state index contributed by atoms with van der Waals surface area (Å²) in [5.41, 5.74) is 5.77. The number of amides is 4. The van der Waals surface area contributed by atoms with Gasteiger partial charge in [0, 0.05) is 63.1 Å². The van der Waals surface area contributed by atoms with Gasteiger partial charge in [0.25, 0.3) is 11.8 Å². The number of piperidine rings is 1. The van der Waals surface area contributed by atoms with Gasteiger partial charge < -0.3 is 30.6 Å². The fourth-order valence-corrected chi connectivity index (χ4v) is 11.2. The van der Waals surface area contributed by atoms with Crippen molar-refractivity contribution in [2.45, 2.75) is 185 Å². The molecule has 2 saturated heterocycles. The lowest BCUT2D eigenvalue weighted by atomic mass is 9.76. The SMILES string of the molecule is CC(C)N(C[C@H]1O[C@@H](n2cnc3c(NCCCCCC(=O)CCCCCCCNc4ccc5c(c4)C(=O)N(C4CCC(=O)NC4=O)C5=O)ncnc32)[C@@H](O)C1O)C1CC(CCc2nc3ccc(C(C)(C)C)cc3[nH]2)C1. The van der Waals surface area contributed by atoms with Gasteiger partial charge in [0.15, 0.2) is 23.2 Å². The maximum atomic E-state index is 13.1. The molecule has 4 aliphatic rings. The fourth-order valence-electron chi connectivity index (χ4n) is 11.2. The summed E-state index contributed by atoms with van der Waals surface area (Å²) in [6.07, 6.45) is 12.1. The van der Waals surface area contributed by atoms with Crippen molar-refractivity contribution in [3.05, 3.63) is 71.6 Å². The number of aryl methyl sites for hydroxylation is 1. The third-order valence-corrected chi connectivity index (χ3v) is 15.7. The molecule has 6 heterocycles. The third kappa shape index (κ3) is 12.3. The Kier molecular flexibility index (Phi) is 16.7. The first-order chi connectivity index (χ1) is 36.0. The van der Waals surface area contributed by atoms with E-state index in [0.29, 0.717) is 61.4 Å². The van der Waals surface area contributed by atoms with Crippen LogP contribution in [0.1, 0.15) is 169 Å². The molecule has 9 rings (SSSR count). The standard InChI is InChI=1S/C56H75N11O8/c1-33(2)65(37-26-34(27-37)16-22-45-62-41-20-17-35(56(3,4)5)28-42(41)63-45)30-44-48(70)49(71)55(75-44)66-32-61-47-50(59-31-60-51(47)66)58-25-13-9-11-15-38(68)14-10-7-6-8-12-24-57-36-18-19-39-40(29-36)54(74)67(53(39)73)43-21-23-46(69)64-52(43)72/h17-20,28-29,31-34,37,43-44,48-49,55,57,70-71H,6-16,21-27,30H2,1-5H3,(H,62,63)(H,58,59,60)(H,64,69,72)/t34?,37?,43?,44-,48?,49+,55-/m1/s1. The van der Waals surface area contributed by atoms with E-state index in [4.69, 9.17) is 9.72 Å². The summed E-state index contributed by atoms with van der Waals surface area (Å²) in [7, 11) is 0. The summed E-state index contributed by atoms with van der Waals surface area (Å²) in [4.78, 5) is 88.0. The number of aliphatic hydroxyl groups excluding tert-OH is 2. The van der Waals surface area contributed by atoms with Gasteiger partial charge in [-0.15, -0.1) is 0 Å². The van der Waals surface area contributed by atoms with Gasteiger partial charge in [0.1, 0.15) is 42.3 Å². The molecule has 2 unspecified atom stereocenters. The zero-order valence-corrected chi connectivity index (χ0v) is 44.1. The molecule has 402 valence electrons. The number of Topliss-reactive ketones (excluding diaryl/α,β-unsaturated/α-hetero) is 1. The molecule has 3 aliphatic heterocycles. The number of imide groups is 2. The number of nitrogens with one attached hydrogen (secondary N) is 4. The van der Waals surface area contributed by atoms with Crippen LogP contribution in [-0.4, -0.2) is 135 Å². The molecule has 75 heavy (non-hydrogen) atoms. The summed E-state index contributed by atoms with van der Waals surface area (Å²) in [6.45, 7) is 12.9. The molecule has 19 heteroatoms. The second-order valence-electron chi connectivity index (χ2n) is 22.5. The van der Waals surface area contributed by atoms with Crippen LogP contribution in [0.5, 0.6) is 0 Å². The predicted molar refractivity (Wildman–Crippen MR) is 284 cm³/mol. The van der Waals surface area contributed by atoms with Crippen molar-refractivity contribution in [2.75, 3.05) is 30.3 Å². The number of anilines is 2. The van der Waals surface area contributed by atoms with E-state index in [-0.39, 0.29) is 41.2 Å². The van der Waals surface area contributed by atoms with E-state index in [1.165, 1.54) is 11.9 Å². The number of aromatic nitrogens is 6. The van der Waals surface area contributed by atoms with Crippen LogP contribution in [-0.2, 0) is 31.0 Å². The van der Waals surface area contributed by atoms with Crippen LogP contribution in [0.4, 0.5) is 11.5 Å². The maximum Gasteiger partial charge on any atom is 0.262 e. The quantitative estimate of drug-likeness (QED) is 0.0251. The Morgan fingerprint density at radius 1 is 0.867 bits per heavy atom. The zero-order chi connectivity index (χ0) is 53.0. The highest BCUT2D eigenvalue weighted by molar-refractivity contribution is 6.23. The summed E-state index contributed by atoms with van der Waals surface area (Å²) in [6, 6.07) is 11.1. The van der Waals surface area contributed by atoms with Crippen LogP contribution in [0.2, 0.25) is 0 Å². The Balaban J connectivity index is 0.636. The molecule has 3 fully saturated rings. The summed E-state index contributed by atoms with van der Waals surface area (Å²) in [5.74, 6) is 0.413. The van der Waals surface area contributed by atoms with E-state index in [9.17, 15) is 34.2 Å². The molecular weight excluding hydrogens is 955 g/mol. The van der Waals surface area contributed by atoms with Crippen molar-refractivity contribution < 1.29 is 38.9 Å². The highest BCUT2D eigenvalue weighted by atomic mass is 16.6. The van der Waals surface area contributed by atoms with E-state index in [1.54, 1.807) is 29.1 Å². The molecule has 1 aliphatic carbocycles. The first kappa shape index (κ1) is 53.7. The second-order valence-corrected chi connectivity index (χ2v) is 22.5. The number of fused-ring (bicyclic) bond motifs is 3. The molecule has 5 atom stereocenters. The molecule has 0 radical (unpaired) electrons. The van der Waals surface area contributed by atoms with Gasteiger partial charge in [-0.25, -0.2) is 19.9 Å². The number of carbonyl (C=O) groups is 5. The van der Waals surface area contributed by atoms with Crippen molar-refractivity contribution in [3.63, 3.8) is 0 Å². The van der Waals surface area contributed by atoms with Gasteiger partial charge in [-0.3, -0.25) is 43.7 Å². The Morgan fingerprint density at radius 3 is 2.33 bits per heavy atom. The van der Waals surface area contributed by atoms with Crippen LogP contribution >= 0.6 is 0 Å². The summed E-state index contributed by atoms with van der Waals surface area (Å²) in [5, 5.41) is 31.5. The van der Waals surface area contributed by atoms with Gasteiger partial charge in [-0.2, -0.15) is 0 Å². The van der Waals surface area contributed by atoms with Crippen molar-refractivity contribution >= 4 is 63.1 Å². The summed E-state index contributed by atoms with van der Waals surface area (Å²) >= 11 is 0. The Morgan fingerprint density at radius 2 is 1.59 bits per heavy atom. The third-order valence-electron chi connectivity index (χ3n) is 15.7. The largest absolute Gasteiger partial charge is 0.387 e. The lowest BCUT2D eigenvalue weighted by Crippen LogP contribution is -2.54. The molecular formula is C56H75N11O8. The molecule has 3 aromatic heterocycles. The number of ketones is 1. The smallest absolute Gasteiger partial charge is 0.262 e. The molecule has 0 bridgehead atoms. The number of nitrogens with zero attached hydrogens (tertiary/aromatic N) is 7. The lowest BCUT2D eigenvalue weighted by Gasteiger charge is -2.46. The number of benzene rings is 2. The first-order valence-corrected chi connectivity index (χ1v) is 27.3. The number of hydrogen-bond acceptors (Lipinski definition) is 15. The Hall–Kier alpha value is -6.15. The van der Waals surface area contributed by atoms with E-state index in [1.807, 2.05) is 0 Å². The number of unbranched alkanes of at least 4 members (excludes halogenated alkanes) is 6. The van der Waals surface area contributed by atoms with Crippen molar-refractivity contribution in [2.24, 2.45) is 5.92 Å². The number of aromatic amines is 1. The van der Waals surface area contributed by atoms with Crippen LogP contribution in [0.15, 0.2) is 49.1 Å². The molecule has 0 spiro atoms. The number of hydrogen-bond donors (Lipinski definition) is 6. The Labute approximate surface area is 438 Å². The number of rotatable bonds is 25. The number of carbonyl (C=O) groups excluding carboxylic acids is 5. The van der Waals surface area contributed by atoms with E-state index < -0.39 is 54.2 Å². The molecule has 1 saturated carbocycles. The van der Waals surface area contributed by atoms with Gasteiger partial charge in [0.05, 0.1) is 28.5 Å². The number of aliphatic hydroxyl groups is 2. The first-order valence-electron chi connectivity index (χ1n) is 27.3. The molecule has 2 aromatic carbocycles. The second kappa shape index (κ2) is 23.4. The normalized spacial score (nSPS) is 22.9. The van der Waals surface area contributed by atoms with Gasteiger partial charge in [-0.1, -0.05) is 52.5 Å². The zero-order valence-electron chi connectivity index (χ0n) is 44.1. The molecule has 5 aromatic rings. The number of ether oxygens (including phenoxy) is 1. The van der Waals surface area contributed by atoms with Crippen LogP contribution in [0.3, 0.4) is 0 Å². The average molecular weight is 1030 g/mol. The minimum absolute atomic E-state index is 0.0768. The van der Waals surface area contributed by atoms with Crippen LogP contribution in [0, 0.1) is 5.92 Å². The van der Waals surface area contributed by atoms with Crippen molar-refractivity contribution in [1.29, 1.82) is 0 Å². The van der Waals surface area contributed by atoms with Crippen LogP contribution in [0.25, 0.3) is 22.2 Å². The highest BCUT2D eigenvalue weighted by Gasteiger charge is 2.47. The maximum absolute atomic E-state index is 13.1. The molecule has 19 nitrogen and oxygen atoms in total. The number of H-pyrrole nitrogens is 1. The van der Waals surface area contributed by atoms with Gasteiger partial charge >= 0.3 is 0 Å². The minimum atomic E-state index is -1.17. The van der Waals surface area contributed by atoms with E-state index in [0.717, 1.165) is 104 Å². The average Bonchev–Trinajstić information content (AvgIpc) is 4.12. The highest BCUT2D eigenvalue weighted by Crippen LogP contribution is 2.39. The predicted octanol–water partition coefficient (Wildman–Crippen LogP) is 7.14. The van der Waals surface area contributed by atoms with E-state index in [2.05, 4.69) is 93.6 Å². The van der Waals surface area contributed by atoms with Crippen molar-refractivity contribution in [1.82, 2.24) is 44.6 Å². The number of imidazole rings is 2. The van der Waals surface area contributed by atoms with E-state index >= 15 is 0 Å². The molecule has 6 N–H and O–H groups in total. The lowest BCUT2D eigenvalue weighted by molar-refractivity contribution is -0.136. The Bertz CT molecular complexity index is 2870. The fraction of sp³-hybridized carbons (Fsp3) is 0.589. The molecule has 4 amide bonds. The topological polar surface area (TPSA) is 250 Å². The van der Waals surface area contributed by atoms with Gasteiger partial charge in [0.2, 0.25) is 11.8 Å². The van der Waals surface area contributed by atoms with Gasteiger partial charge in [-0.05, 0) is 112 Å².